The van der Waals surface area contributed by atoms with Crippen molar-refractivity contribution in [3.8, 4) is 5.75 Å². The largest absolute Gasteiger partial charge is 0.492 e. The van der Waals surface area contributed by atoms with Gasteiger partial charge in [-0.25, -0.2) is 4.98 Å². The van der Waals surface area contributed by atoms with Crippen LogP contribution in [0.2, 0.25) is 0 Å². The second kappa shape index (κ2) is 11.5. The Morgan fingerprint density at radius 3 is 2.50 bits per heavy atom. The predicted molar refractivity (Wildman–Crippen MR) is 137 cm³/mol. The normalized spacial score (nSPS) is 11.0. The maximum Gasteiger partial charge on any atom is 0.251 e. The Morgan fingerprint density at radius 2 is 1.68 bits per heavy atom. The summed E-state index contributed by atoms with van der Waals surface area (Å²) in [5.74, 6) is 2.00. The van der Waals surface area contributed by atoms with Crippen molar-refractivity contribution >= 4 is 16.9 Å². The maximum absolute atomic E-state index is 12.3. The molecule has 1 N–H and O–H groups in total. The number of amides is 1. The molecule has 0 unspecified atom stereocenters. The van der Waals surface area contributed by atoms with E-state index in [1.54, 1.807) is 0 Å². The van der Waals surface area contributed by atoms with Crippen LogP contribution in [0.4, 0.5) is 0 Å². The average molecular weight is 456 g/mol. The van der Waals surface area contributed by atoms with Gasteiger partial charge in [-0.1, -0.05) is 54.4 Å². The van der Waals surface area contributed by atoms with E-state index in [0.717, 1.165) is 66.0 Å². The summed E-state index contributed by atoms with van der Waals surface area (Å²) in [6.45, 7) is 6.09. The van der Waals surface area contributed by atoms with Crippen molar-refractivity contribution in [2.75, 3.05) is 13.2 Å². The first-order valence-corrected chi connectivity index (χ1v) is 12.1. The van der Waals surface area contributed by atoms with Crippen molar-refractivity contribution < 1.29 is 9.53 Å². The van der Waals surface area contributed by atoms with Crippen LogP contribution in [0.25, 0.3) is 11.0 Å². The summed E-state index contributed by atoms with van der Waals surface area (Å²) < 4.78 is 8.26. The van der Waals surface area contributed by atoms with E-state index in [1.165, 1.54) is 5.56 Å². The van der Waals surface area contributed by atoms with Gasteiger partial charge in [0.15, 0.2) is 0 Å². The Kier molecular flexibility index (Phi) is 7.97. The van der Waals surface area contributed by atoms with E-state index in [2.05, 4.69) is 47.1 Å². The highest BCUT2D eigenvalue weighted by Crippen LogP contribution is 2.19. The Balaban J connectivity index is 1.27. The lowest BCUT2D eigenvalue weighted by molar-refractivity contribution is 0.0952. The van der Waals surface area contributed by atoms with Crippen LogP contribution in [0.5, 0.6) is 5.75 Å². The van der Waals surface area contributed by atoms with Gasteiger partial charge in [0, 0.05) is 18.5 Å². The first-order chi connectivity index (χ1) is 16.6. The van der Waals surface area contributed by atoms with E-state index in [9.17, 15) is 4.79 Å². The summed E-state index contributed by atoms with van der Waals surface area (Å²) in [5.41, 5.74) is 5.16. The van der Waals surface area contributed by atoms with E-state index in [4.69, 9.17) is 9.72 Å². The molecule has 0 aliphatic heterocycles. The van der Waals surface area contributed by atoms with Crippen molar-refractivity contribution in [3.05, 3.63) is 95.3 Å². The molecule has 4 rings (SSSR count). The Hall–Kier alpha value is -3.60. The van der Waals surface area contributed by atoms with Crippen LogP contribution < -0.4 is 10.1 Å². The topological polar surface area (TPSA) is 56.1 Å². The number of rotatable bonds is 11. The molecule has 0 aliphatic rings. The van der Waals surface area contributed by atoms with Crippen molar-refractivity contribution in [3.63, 3.8) is 0 Å². The quantitative estimate of drug-likeness (QED) is 0.288. The second-order valence-corrected chi connectivity index (χ2v) is 8.71. The molecule has 0 bridgehead atoms. The number of aryl methyl sites for hydroxylation is 3. The number of hydrogen-bond acceptors (Lipinski definition) is 3. The van der Waals surface area contributed by atoms with E-state index >= 15 is 0 Å². The van der Waals surface area contributed by atoms with Gasteiger partial charge in [-0.05, 0) is 62.6 Å². The highest BCUT2D eigenvalue weighted by atomic mass is 16.5. The monoisotopic (exact) mass is 455 g/mol. The minimum absolute atomic E-state index is 0.00784. The van der Waals surface area contributed by atoms with Crippen molar-refractivity contribution in [2.24, 2.45) is 0 Å². The number of carbonyl (C=O) groups is 1. The molecule has 4 aromatic rings. The molecule has 34 heavy (non-hydrogen) atoms. The third kappa shape index (κ3) is 6.04. The second-order valence-electron chi connectivity index (χ2n) is 8.71. The van der Waals surface area contributed by atoms with Crippen LogP contribution in [-0.4, -0.2) is 28.6 Å². The molecule has 3 aromatic carbocycles. The standard InChI is InChI=1S/C29H33N3O2/c1-22-15-17-24(18-16-22)34-21-20-32-27-13-8-7-12-26(27)31-28(32)14-4-3-9-19-30-29(33)25-11-6-5-10-23(25)2/h5-8,10-13,15-18H,3-4,9,14,19-21H2,1-2H3,(H,30,33). The fraction of sp³-hybridized carbons (Fsp3) is 0.310. The van der Waals surface area contributed by atoms with Gasteiger partial charge in [0.05, 0.1) is 17.6 Å². The van der Waals surface area contributed by atoms with Gasteiger partial charge in [-0.3, -0.25) is 4.79 Å². The fourth-order valence-corrected chi connectivity index (χ4v) is 4.16. The third-order valence-electron chi connectivity index (χ3n) is 6.09. The highest BCUT2D eigenvalue weighted by Gasteiger charge is 2.11. The molecule has 0 spiro atoms. The lowest BCUT2D eigenvalue weighted by Gasteiger charge is -2.11. The Morgan fingerprint density at radius 1 is 0.912 bits per heavy atom. The van der Waals surface area contributed by atoms with E-state index in [0.29, 0.717) is 13.2 Å². The van der Waals surface area contributed by atoms with Gasteiger partial charge in [0.2, 0.25) is 0 Å². The summed E-state index contributed by atoms with van der Waals surface area (Å²) in [6, 6.07) is 24.1. The first-order valence-electron chi connectivity index (χ1n) is 12.1. The number of fused-ring (bicyclic) bond motifs is 1. The van der Waals surface area contributed by atoms with Crippen LogP contribution in [0.15, 0.2) is 72.8 Å². The lowest BCUT2D eigenvalue weighted by atomic mass is 10.1. The molecular formula is C29H33N3O2. The molecule has 176 valence electrons. The van der Waals surface area contributed by atoms with Gasteiger partial charge < -0.3 is 14.6 Å². The highest BCUT2D eigenvalue weighted by molar-refractivity contribution is 5.95. The summed E-state index contributed by atoms with van der Waals surface area (Å²) in [7, 11) is 0. The predicted octanol–water partition coefficient (Wildman–Crippen LogP) is 5.87. The fourth-order valence-electron chi connectivity index (χ4n) is 4.16. The maximum atomic E-state index is 12.3. The number of nitrogens with one attached hydrogen (secondary N) is 1. The number of carbonyl (C=O) groups excluding carboxylic acids is 1. The van der Waals surface area contributed by atoms with E-state index < -0.39 is 0 Å². The van der Waals surface area contributed by atoms with E-state index in [-0.39, 0.29) is 5.91 Å². The Bertz CT molecular complexity index is 1230. The molecule has 0 fully saturated rings. The molecule has 0 atom stereocenters. The molecule has 5 nitrogen and oxygen atoms in total. The first kappa shape index (κ1) is 23.6. The summed E-state index contributed by atoms with van der Waals surface area (Å²) in [4.78, 5) is 17.2. The van der Waals surface area contributed by atoms with Gasteiger partial charge in [0.25, 0.3) is 5.91 Å². The molecule has 1 heterocycles. The zero-order valence-corrected chi connectivity index (χ0v) is 20.1. The molecule has 5 heteroatoms. The number of unbranched alkanes of at least 4 members (excludes halogenated alkanes) is 2. The number of hydrogen-bond donors (Lipinski definition) is 1. The number of benzene rings is 3. The third-order valence-corrected chi connectivity index (χ3v) is 6.09. The number of nitrogens with zero attached hydrogens (tertiary/aromatic N) is 2. The number of ether oxygens (including phenoxy) is 1. The number of imidazole rings is 1. The number of para-hydroxylation sites is 2. The van der Waals surface area contributed by atoms with Gasteiger partial charge >= 0.3 is 0 Å². The summed E-state index contributed by atoms with van der Waals surface area (Å²) in [5, 5.41) is 3.04. The molecular weight excluding hydrogens is 422 g/mol. The molecule has 0 saturated heterocycles. The minimum atomic E-state index is 0.00784. The van der Waals surface area contributed by atoms with Gasteiger partial charge in [0.1, 0.15) is 18.2 Å². The van der Waals surface area contributed by atoms with Crippen LogP contribution in [0, 0.1) is 13.8 Å². The average Bonchev–Trinajstić information content (AvgIpc) is 3.20. The SMILES string of the molecule is Cc1ccc(OCCn2c(CCCCCNC(=O)c3ccccc3C)nc3ccccc32)cc1. The van der Waals surface area contributed by atoms with Crippen LogP contribution in [-0.2, 0) is 13.0 Å². The van der Waals surface area contributed by atoms with Crippen LogP contribution in [0.3, 0.4) is 0 Å². The van der Waals surface area contributed by atoms with Crippen molar-refractivity contribution in [2.45, 2.75) is 46.1 Å². The van der Waals surface area contributed by atoms with Crippen molar-refractivity contribution in [1.29, 1.82) is 0 Å². The smallest absolute Gasteiger partial charge is 0.251 e. The zero-order valence-electron chi connectivity index (χ0n) is 20.1. The number of aromatic nitrogens is 2. The molecule has 1 aromatic heterocycles. The lowest BCUT2D eigenvalue weighted by Crippen LogP contribution is -2.25. The van der Waals surface area contributed by atoms with Gasteiger partial charge in [-0.15, -0.1) is 0 Å². The molecule has 0 saturated carbocycles. The van der Waals surface area contributed by atoms with Crippen LogP contribution in [0.1, 0.15) is 46.6 Å². The van der Waals surface area contributed by atoms with Gasteiger partial charge in [-0.2, -0.15) is 0 Å². The van der Waals surface area contributed by atoms with E-state index in [1.807, 2.05) is 49.4 Å². The zero-order chi connectivity index (χ0) is 23.8. The molecule has 0 aliphatic carbocycles. The minimum Gasteiger partial charge on any atom is -0.492 e. The van der Waals surface area contributed by atoms with Crippen LogP contribution >= 0.6 is 0 Å². The van der Waals surface area contributed by atoms with Crippen molar-refractivity contribution in [1.82, 2.24) is 14.9 Å². The molecule has 0 radical (unpaired) electrons. The molecule has 1 amide bonds. The Labute approximate surface area is 201 Å². The summed E-state index contributed by atoms with van der Waals surface area (Å²) in [6.07, 6.45) is 3.93. The summed E-state index contributed by atoms with van der Waals surface area (Å²) >= 11 is 0.